The molecule has 0 amide bonds. The molecule has 0 saturated carbocycles. The van der Waals surface area contributed by atoms with Crippen molar-refractivity contribution in [3.05, 3.63) is 18.0 Å². The molecule has 148 valence electrons. The van der Waals surface area contributed by atoms with Crippen LogP contribution in [0.25, 0.3) is 16.6 Å². The summed E-state index contributed by atoms with van der Waals surface area (Å²) in [6, 6.07) is 3.04. The van der Waals surface area contributed by atoms with Crippen molar-refractivity contribution in [3.63, 3.8) is 0 Å². The molecule has 3 aromatic rings. The second-order valence-corrected chi connectivity index (χ2v) is 7.35. The standard InChI is InChI=1S/C18H20F2N6O2/c1-2-6-25-7-5-10(9-25)8-13-22-16-11-3-4-12-15(28-18(19,20)27-12)14(11)23-17(21)26(16)24-13/h3-4,10H,2,5-9H2,1H3,(H2,21,23). The summed E-state index contributed by atoms with van der Waals surface area (Å²) in [6.45, 7) is 5.41. The topological polar surface area (TPSA) is 90.8 Å². The average molecular weight is 390 g/mol. The van der Waals surface area contributed by atoms with E-state index in [-0.39, 0.29) is 23.0 Å². The molecule has 1 saturated heterocycles. The van der Waals surface area contributed by atoms with Gasteiger partial charge in [0.2, 0.25) is 5.95 Å². The molecular weight excluding hydrogens is 370 g/mol. The van der Waals surface area contributed by atoms with E-state index in [9.17, 15) is 8.78 Å². The molecule has 5 rings (SSSR count). The van der Waals surface area contributed by atoms with Gasteiger partial charge in [-0.2, -0.15) is 4.52 Å². The number of fused-ring (bicyclic) bond motifs is 5. The summed E-state index contributed by atoms with van der Waals surface area (Å²) in [5.41, 5.74) is 6.69. The zero-order chi connectivity index (χ0) is 19.5. The smallest absolute Gasteiger partial charge is 0.395 e. The Bertz CT molecular complexity index is 1070. The van der Waals surface area contributed by atoms with Crippen molar-refractivity contribution >= 4 is 22.5 Å². The van der Waals surface area contributed by atoms with E-state index in [0.29, 0.717) is 22.8 Å². The summed E-state index contributed by atoms with van der Waals surface area (Å²) >= 11 is 0. The first kappa shape index (κ1) is 17.4. The van der Waals surface area contributed by atoms with Crippen molar-refractivity contribution < 1.29 is 18.3 Å². The summed E-state index contributed by atoms with van der Waals surface area (Å²) < 4.78 is 37.5. The lowest BCUT2D eigenvalue weighted by molar-refractivity contribution is -0.286. The molecule has 2 N–H and O–H groups in total. The predicted molar refractivity (Wildman–Crippen MR) is 97.4 cm³/mol. The van der Waals surface area contributed by atoms with Crippen LogP contribution in [0.5, 0.6) is 11.5 Å². The van der Waals surface area contributed by atoms with Gasteiger partial charge in [-0.15, -0.1) is 13.9 Å². The van der Waals surface area contributed by atoms with Crippen LogP contribution in [0, 0.1) is 5.92 Å². The second-order valence-electron chi connectivity index (χ2n) is 7.35. The maximum Gasteiger partial charge on any atom is 0.586 e. The number of alkyl halides is 2. The third kappa shape index (κ3) is 2.79. The lowest BCUT2D eigenvalue weighted by atomic mass is 10.1. The van der Waals surface area contributed by atoms with Crippen LogP contribution in [0.2, 0.25) is 0 Å². The summed E-state index contributed by atoms with van der Waals surface area (Å²) in [4.78, 5) is 11.3. The lowest BCUT2D eigenvalue weighted by Crippen LogP contribution is -2.26. The van der Waals surface area contributed by atoms with Gasteiger partial charge in [0.05, 0.1) is 0 Å². The Hall–Kier alpha value is -2.75. The third-order valence-corrected chi connectivity index (χ3v) is 5.26. The number of benzene rings is 1. The first-order chi connectivity index (χ1) is 13.4. The van der Waals surface area contributed by atoms with Crippen LogP contribution in [-0.4, -0.2) is 50.4 Å². The van der Waals surface area contributed by atoms with E-state index in [0.717, 1.165) is 38.9 Å². The van der Waals surface area contributed by atoms with Crippen LogP contribution in [0.15, 0.2) is 12.1 Å². The van der Waals surface area contributed by atoms with Gasteiger partial charge in [0.25, 0.3) is 0 Å². The first-order valence-corrected chi connectivity index (χ1v) is 9.39. The monoisotopic (exact) mass is 390 g/mol. The van der Waals surface area contributed by atoms with Crippen molar-refractivity contribution in [2.45, 2.75) is 32.5 Å². The molecule has 8 nitrogen and oxygen atoms in total. The molecule has 2 aliphatic heterocycles. The maximum absolute atomic E-state index is 13.5. The Morgan fingerprint density at radius 1 is 1.29 bits per heavy atom. The minimum atomic E-state index is -3.72. The number of nitrogen functional groups attached to an aromatic ring is 1. The SMILES string of the molecule is CCCN1CCC(Cc2nc3c4ccc5c(c4nc(N)n3n2)OC(F)(F)O5)C1. The van der Waals surface area contributed by atoms with E-state index in [1.54, 1.807) is 6.07 Å². The zero-order valence-electron chi connectivity index (χ0n) is 15.4. The number of anilines is 1. The fourth-order valence-corrected chi connectivity index (χ4v) is 4.08. The van der Waals surface area contributed by atoms with Crippen LogP contribution < -0.4 is 15.2 Å². The summed E-state index contributed by atoms with van der Waals surface area (Å²) in [5.74, 6) is 1.02. The van der Waals surface area contributed by atoms with Gasteiger partial charge in [0.15, 0.2) is 23.0 Å². The Balaban J connectivity index is 1.52. The molecule has 0 spiro atoms. The van der Waals surface area contributed by atoms with E-state index in [1.165, 1.54) is 10.6 Å². The number of halogens is 2. The number of nitrogens with two attached hydrogens (primary N) is 1. The second kappa shape index (κ2) is 6.13. The molecule has 1 aromatic carbocycles. The van der Waals surface area contributed by atoms with Gasteiger partial charge in [-0.25, -0.2) is 9.97 Å². The highest BCUT2D eigenvalue weighted by Crippen LogP contribution is 2.45. The maximum atomic E-state index is 13.5. The van der Waals surface area contributed by atoms with E-state index >= 15 is 0 Å². The van der Waals surface area contributed by atoms with Gasteiger partial charge in [0, 0.05) is 18.4 Å². The first-order valence-electron chi connectivity index (χ1n) is 9.39. The minimum Gasteiger partial charge on any atom is -0.395 e. The van der Waals surface area contributed by atoms with Crippen LogP contribution >= 0.6 is 0 Å². The molecule has 2 aromatic heterocycles. The van der Waals surface area contributed by atoms with Gasteiger partial charge in [-0.1, -0.05) is 6.92 Å². The quantitative estimate of drug-likeness (QED) is 0.732. The largest absolute Gasteiger partial charge is 0.586 e. The molecule has 0 radical (unpaired) electrons. The van der Waals surface area contributed by atoms with Gasteiger partial charge in [-0.3, -0.25) is 0 Å². The number of hydrogen-bond donors (Lipinski definition) is 1. The molecule has 1 atom stereocenters. The lowest BCUT2D eigenvalue weighted by Gasteiger charge is -2.13. The highest BCUT2D eigenvalue weighted by Gasteiger charge is 2.45. The van der Waals surface area contributed by atoms with Crippen molar-refractivity contribution in [2.24, 2.45) is 5.92 Å². The van der Waals surface area contributed by atoms with Crippen LogP contribution in [0.3, 0.4) is 0 Å². The van der Waals surface area contributed by atoms with Gasteiger partial charge < -0.3 is 20.1 Å². The van der Waals surface area contributed by atoms with Crippen LogP contribution in [0.1, 0.15) is 25.6 Å². The van der Waals surface area contributed by atoms with Gasteiger partial charge in [-0.05, 0) is 44.0 Å². The normalized spacial score (nSPS) is 21.2. The molecule has 1 fully saturated rings. The van der Waals surface area contributed by atoms with Crippen molar-refractivity contribution in [3.8, 4) is 11.5 Å². The third-order valence-electron chi connectivity index (χ3n) is 5.26. The zero-order valence-corrected chi connectivity index (χ0v) is 15.4. The number of aromatic nitrogens is 4. The van der Waals surface area contributed by atoms with E-state index in [1.807, 2.05) is 0 Å². The van der Waals surface area contributed by atoms with Crippen molar-refractivity contribution in [1.82, 2.24) is 24.5 Å². The summed E-state index contributed by atoms with van der Waals surface area (Å²) in [7, 11) is 0. The average Bonchev–Trinajstić information content (AvgIpc) is 3.32. The fourth-order valence-electron chi connectivity index (χ4n) is 4.08. The Morgan fingerprint density at radius 2 is 2.14 bits per heavy atom. The summed E-state index contributed by atoms with van der Waals surface area (Å²) in [6.07, 6.45) is -0.725. The van der Waals surface area contributed by atoms with Gasteiger partial charge in [0.1, 0.15) is 5.52 Å². The van der Waals surface area contributed by atoms with E-state index < -0.39 is 6.29 Å². The van der Waals surface area contributed by atoms with Crippen molar-refractivity contribution in [2.75, 3.05) is 25.4 Å². The van der Waals surface area contributed by atoms with E-state index in [4.69, 9.17) is 5.73 Å². The number of hydrogen-bond acceptors (Lipinski definition) is 7. The fraction of sp³-hybridized carbons (Fsp3) is 0.500. The van der Waals surface area contributed by atoms with Gasteiger partial charge >= 0.3 is 6.29 Å². The molecule has 0 bridgehead atoms. The Morgan fingerprint density at radius 3 is 2.96 bits per heavy atom. The molecule has 4 heterocycles. The molecule has 0 aliphatic carbocycles. The highest BCUT2D eigenvalue weighted by atomic mass is 19.3. The highest BCUT2D eigenvalue weighted by molar-refractivity contribution is 5.97. The van der Waals surface area contributed by atoms with E-state index in [2.05, 4.69) is 36.4 Å². The molecule has 2 aliphatic rings. The number of ether oxygens (including phenoxy) is 2. The summed E-state index contributed by atoms with van der Waals surface area (Å²) in [5, 5.41) is 5.03. The van der Waals surface area contributed by atoms with Crippen LogP contribution in [0.4, 0.5) is 14.7 Å². The number of rotatable bonds is 4. The Labute approximate surface area is 159 Å². The molecule has 10 heteroatoms. The molecular formula is C18H20F2N6O2. The Kier molecular flexibility index (Phi) is 3.80. The molecule has 1 unspecified atom stereocenters. The number of nitrogens with zero attached hydrogens (tertiary/aromatic N) is 5. The van der Waals surface area contributed by atoms with Crippen LogP contribution in [-0.2, 0) is 6.42 Å². The molecule has 28 heavy (non-hydrogen) atoms. The minimum absolute atomic E-state index is 0.0625. The predicted octanol–water partition coefficient (Wildman–Crippen LogP) is 2.46. The number of likely N-dealkylation sites (tertiary alicyclic amines) is 1. The van der Waals surface area contributed by atoms with Crippen molar-refractivity contribution in [1.29, 1.82) is 0 Å².